The molecule has 0 rings (SSSR count). The lowest BCUT2D eigenvalue weighted by molar-refractivity contribution is -0.161. The first-order valence-corrected chi connectivity index (χ1v) is 38.8. The van der Waals surface area contributed by atoms with Gasteiger partial charge in [-0.25, -0.2) is 9.13 Å². The topological polar surface area (TPSA) is 237 Å². The van der Waals surface area contributed by atoms with E-state index in [2.05, 4.69) is 55.4 Å². The second-order valence-corrected chi connectivity index (χ2v) is 29.3. The Kier molecular flexibility index (Phi) is 57.6. The summed E-state index contributed by atoms with van der Waals surface area (Å²) in [6, 6.07) is 0. The standard InChI is InChI=1S/C69H134O17P2/c1-9-61(7)47-39-31-22-18-15-16-20-24-36-44-52-69(74)86-65(56-80-67(72)50-42-34-28-26-32-40-48-62(8)10-2)58-84-88(77,78)82-54-63(70)53-81-87(75,76)83-57-64(55-79-66(71)49-41-33-27-25-30-38-46-60(5)6)85-68(73)51-43-35-23-19-14-12-11-13-17-21-29-37-45-59(3)4/h59-65,70H,9-58H2,1-8H3,(H,75,76)(H,77,78)/t61?,62?,63-,64+,65+/m0/s1. The van der Waals surface area contributed by atoms with Gasteiger partial charge in [0.2, 0.25) is 0 Å². The maximum atomic E-state index is 13.0. The first-order valence-electron chi connectivity index (χ1n) is 35.8. The number of phosphoric ester groups is 2. The maximum absolute atomic E-state index is 13.0. The highest BCUT2D eigenvalue weighted by Gasteiger charge is 2.30. The van der Waals surface area contributed by atoms with Gasteiger partial charge < -0.3 is 33.8 Å². The molecular weight excluding hydrogens is 1160 g/mol. The van der Waals surface area contributed by atoms with Gasteiger partial charge in [-0.3, -0.25) is 37.3 Å². The van der Waals surface area contributed by atoms with Gasteiger partial charge in [-0.2, -0.15) is 0 Å². The van der Waals surface area contributed by atoms with Crippen LogP contribution in [0.4, 0.5) is 0 Å². The number of unbranched alkanes of at least 4 members (excludes halogenated alkanes) is 30. The van der Waals surface area contributed by atoms with E-state index in [4.69, 9.17) is 37.0 Å². The largest absolute Gasteiger partial charge is 0.472 e. The van der Waals surface area contributed by atoms with Gasteiger partial charge in [-0.1, -0.05) is 287 Å². The summed E-state index contributed by atoms with van der Waals surface area (Å²) in [5.41, 5.74) is 0. The molecule has 4 unspecified atom stereocenters. The average molecular weight is 1300 g/mol. The molecule has 3 N–H and O–H groups in total. The summed E-state index contributed by atoms with van der Waals surface area (Å²) in [7, 11) is -9.90. The number of carbonyl (C=O) groups is 4. The van der Waals surface area contributed by atoms with Crippen molar-refractivity contribution in [2.75, 3.05) is 39.6 Å². The molecule has 0 aliphatic carbocycles. The van der Waals surface area contributed by atoms with Crippen molar-refractivity contribution in [2.45, 2.75) is 356 Å². The van der Waals surface area contributed by atoms with Crippen LogP contribution < -0.4 is 0 Å². The van der Waals surface area contributed by atoms with Crippen molar-refractivity contribution in [3.63, 3.8) is 0 Å². The van der Waals surface area contributed by atoms with Crippen LogP contribution in [0.25, 0.3) is 0 Å². The SMILES string of the molecule is CCC(C)CCCCCCCCCCCCC(=O)O[C@H](COC(=O)CCCCCCCCC(C)CC)COP(=O)(O)OC[C@@H](O)COP(=O)(O)OC[C@@H](COC(=O)CCCCCCCCC(C)C)OC(=O)CCCCCCCCCCCCCCC(C)C. The normalized spacial score (nSPS) is 14.9. The Bertz CT molecular complexity index is 1750. The second-order valence-electron chi connectivity index (χ2n) is 26.4. The number of rotatable bonds is 66. The van der Waals surface area contributed by atoms with E-state index in [1.165, 1.54) is 128 Å². The minimum atomic E-state index is -4.95. The first kappa shape index (κ1) is 86.1. The van der Waals surface area contributed by atoms with Crippen molar-refractivity contribution in [1.29, 1.82) is 0 Å². The molecule has 0 aromatic carbocycles. The van der Waals surface area contributed by atoms with Gasteiger partial charge in [0.05, 0.1) is 26.4 Å². The number of esters is 4. The Hall–Kier alpha value is -1.94. The highest BCUT2D eigenvalue weighted by Crippen LogP contribution is 2.45. The monoisotopic (exact) mass is 1300 g/mol. The summed E-state index contributed by atoms with van der Waals surface area (Å²) in [5.74, 6) is 0.857. The van der Waals surface area contributed by atoms with E-state index in [9.17, 15) is 43.2 Å². The molecule has 19 heteroatoms. The van der Waals surface area contributed by atoms with Crippen LogP contribution in [0.3, 0.4) is 0 Å². The van der Waals surface area contributed by atoms with Crippen LogP contribution in [0, 0.1) is 23.7 Å². The van der Waals surface area contributed by atoms with Crippen LogP contribution in [-0.4, -0.2) is 96.7 Å². The van der Waals surface area contributed by atoms with Crippen LogP contribution in [0.1, 0.15) is 338 Å². The molecule has 0 bridgehead atoms. The van der Waals surface area contributed by atoms with Crippen LogP contribution in [0.2, 0.25) is 0 Å². The number of phosphoric acid groups is 2. The molecule has 0 saturated carbocycles. The Balaban J connectivity index is 5.25. The smallest absolute Gasteiger partial charge is 0.462 e. The predicted molar refractivity (Wildman–Crippen MR) is 354 cm³/mol. The molecule has 17 nitrogen and oxygen atoms in total. The Labute approximate surface area is 537 Å². The van der Waals surface area contributed by atoms with E-state index in [0.717, 1.165) is 120 Å². The molecule has 0 radical (unpaired) electrons. The van der Waals surface area contributed by atoms with Crippen LogP contribution in [-0.2, 0) is 65.4 Å². The van der Waals surface area contributed by atoms with E-state index >= 15 is 0 Å². The minimum absolute atomic E-state index is 0.105. The molecule has 0 spiro atoms. The summed E-state index contributed by atoms with van der Waals surface area (Å²) in [6.07, 6.45) is 40.4. The average Bonchev–Trinajstić information content (AvgIpc) is 3.65. The zero-order valence-corrected chi connectivity index (χ0v) is 59.1. The molecule has 0 aliphatic heterocycles. The molecule has 0 fully saturated rings. The van der Waals surface area contributed by atoms with Crippen molar-refractivity contribution in [2.24, 2.45) is 23.7 Å². The number of hydrogen-bond donors (Lipinski definition) is 3. The van der Waals surface area contributed by atoms with Gasteiger partial charge in [0.1, 0.15) is 19.3 Å². The number of aliphatic hydroxyl groups excluding tert-OH is 1. The summed E-state index contributed by atoms with van der Waals surface area (Å²) in [5, 5.41) is 10.6. The molecule has 522 valence electrons. The van der Waals surface area contributed by atoms with Gasteiger partial charge in [-0.15, -0.1) is 0 Å². The zero-order valence-electron chi connectivity index (χ0n) is 57.3. The summed E-state index contributed by atoms with van der Waals surface area (Å²) < 4.78 is 68.2. The lowest BCUT2D eigenvalue weighted by Crippen LogP contribution is -2.30. The molecule has 7 atom stereocenters. The third-order valence-electron chi connectivity index (χ3n) is 16.5. The molecule has 0 aromatic heterocycles. The highest BCUT2D eigenvalue weighted by atomic mass is 31.2. The minimum Gasteiger partial charge on any atom is -0.462 e. The lowest BCUT2D eigenvalue weighted by atomic mass is 9.99. The van der Waals surface area contributed by atoms with Crippen LogP contribution in [0.5, 0.6) is 0 Å². The fourth-order valence-corrected chi connectivity index (χ4v) is 11.8. The second kappa shape index (κ2) is 58.8. The van der Waals surface area contributed by atoms with Crippen LogP contribution >= 0.6 is 15.6 Å². The van der Waals surface area contributed by atoms with Gasteiger partial charge in [0, 0.05) is 25.7 Å². The van der Waals surface area contributed by atoms with Gasteiger partial charge >= 0.3 is 39.5 Å². The van der Waals surface area contributed by atoms with E-state index in [-0.39, 0.29) is 25.7 Å². The van der Waals surface area contributed by atoms with E-state index in [0.29, 0.717) is 31.6 Å². The molecular formula is C69H134O17P2. The quantitative estimate of drug-likeness (QED) is 0.0222. The number of hydrogen-bond acceptors (Lipinski definition) is 15. The third kappa shape index (κ3) is 60.3. The van der Waals surface area contributed by atoms with Crippen molar-refractivity contribution in [3.05, 3.63) is 0 Å². The van der Waals surface area contributed by atoms with Crippen LogP contribution in [0.15, 0.2) is 0 Å². The molecule has 88 heavy (non-hydrogen) atoms. The van der Waals surface area contributed by atoms with Crippen molar-refractivity contribution < 1.29 is 80.2 Å². The fourth-order valence-electron chi connectivity index (χ4n) is 10.2. The number of carbonyl (C=O) groups excluding carboxylic acids is 4. The molecule has 0 aliphatic rings. The molecule has 0 amide bonds. The maximum Gasteiger partial charge on any atom is 0.472 e. The molecule has 0 saturated heterocycles. The highest BCUT2D eigenvalue weighted by molar-refractivity contribution is 7.47. The Morgan fingerprint density at radius 2 is 0.545 bits per heavy atom. The molecule has 0 aromatic rings. The van der Waals surface area contributed by atoms with E-state index in [1.54, 1.807) is 0 Å². The Morgan fingerprint density at radius 1 is 0.318 bits per heavy atom. The van der Waals surface area contributed by atoms with Crippen molar-refractivity contribution in [1.82, 2.24) is 0 Å². The van der Waals surface area contributed by atoms with E-state index < -0.39 is 97.5 Å². The van der Waals surface area contributed by atoms with Crippen molar-refractivity contribution in [3.8, 4) is 0 Å². The lowest BCUT2D eigenvalue weighted by Gasteiger charge is -2.21. The third-order valence-corrected chi connectivity index (χ3v) is 18.4. The fraction of sp³-hybridized carbons (Fsp3) is 0.942. The molecule has 0 heterocycles. The summed E-state index contributed by atoms with van der Waals surface area (Å²) in [4.78, 5) is 72.5. The number of aliphatic hydroxyl groups is 1. The van der Waals surface area contributed by atoms with E-state index in [1.807, 2.05) is 0 Å². The zero-order chi connectivity index (χ0) is 65.4. The van der Waals surface area contributed by atoms with Gasteiger partial charge in [0.15, 0.2) is 12.2 Å². The van der Waals surface area contributed by atoms with Gasteiger partial charge in [-0.05, 0) is 49.4 Å². The van der Waals surface area contributed by atoms with Crippen molar-refractivity contribution >= 4 is 39.5 Å². The predicted octanol–water partition coefficient (Wildman–Crippen LogP) is 19.3. The Morgan fingerprint density at radius 3 is 0.807 bits per heavy atom. The first-order chi connectivity index (χ1) is 42.2. The summed E-state index contributed by atoms with van der Waals surface area (Å²) in [6.45, 7) is 14.1. The summed E-state index contributed by atoms with van der Waals surface area (Å²) >= 11 is 0. The van der Waals surface area contributed by atoms with Gasteiger partial charge in [0.25, 0.3) is 0 Å². The number of ether oxygens (including phenoxy) is 4.